The number of imidazole rings is 1. The molecule has 0 fully saturated rings. The molecule has 3 rings (SSSR count). The molecule has 10 heteroatoms. The molecule has 30 heavy (non-hydrogen) atoms. The largest absolute Gasteiger partial charge is 0.493 e. The van der Waals surface area contributed by atoms with E-state index in [-0.39, 0.29) is 17.2 Å². The van der Waals surface area contributed by atoms with Gasteiger partial charge in [0.05, 0.1) is 18.1 Å². The molecule has 7 nitrogen and oxygen atoms in total. The Bertz CT molecular complexity index is 1030. The summed E-state index contributed by atoms with van der Waals surface area (Å²) in [5, 5.41) is 5.29. The molecular weight excluding hydrogens is 401 g/mol. The number of amides is 2. The average Bonchev–Trinajstić information content (AvgIpc) is 3.01. The summed E-state index contributed by atoms with van der Waals surface area (Å²) in [5.74, 6) is 0.848. The number of rotatable bonds is 7. The molecule has 0 atom stereocenters. The van der Waals surface area contributed by atoms with Crippen LogP contribution in [0.5, 0.6) is 11.5 Å². The van der Waals surface area contributed by atoms with Gasteiger partial charge in [-0.3, -0.25) is 0 Å². The van der Waals surface area contributed by atoms with Gasteiger partial charge in [0.25, 0.3) is 0 Å². The Morgan fingerprint density at radius 1 is 1.17 bits per heavy atom. The van der Waals surface area contributed by atoms with Crippen LogP contribution in [0, 0.1) is 6.92 Å². The number of halogens is 3. The molecule has 0 saturated carbocycles. The molecule has 0 unspecified atom stereocenters. The van der Waals surface area contributed by atoms with Crippen LogP contribution in [0.3, 0.4) is 0 Å². The number of benzene rings is 2. The number of fused-ring (bicyclic) bond motifs is 1. The summed E-state index contributed by atoms with van der Waals surface area (Å²) in [6.07, 6.45) is -4.48. The van der Waals surface area contributed by atoms with Gasteiger partial charge in [0.1, 0.15) is 5.82 Å². The van der Waals surface area contributed by atoms with Crippen LogP contribution in [0.15, 0.2) is 42.5 Å². The third-order valence-corrected chi connectivity index (χ3v) is 4.28. The van der Waals surface area contributed by atoms with Crippen molar-refractivity contribution in [1.29, 1.82) is 0 Å². The normalized spacial score (nSPS) is 11.4. The molecule has 0 aliphatic carbocycles. The van der Waals surface area contributed by atoms with Gasteiger partial charge in [-0.25, -0.2) is 9.78 Å². The van der Waals surface area contributed by atoms with Crippen molar-refractivity contribution in [3.63, 3.8) is 0 Å². The van der Waals surface area contributed by atoms with E-state index in [0.717, 1.165) is 16.9 Å². The minimum Gasteiger partial charge on any atom is -0.493 e. The smallest absolute Gasteiger partial charge is 0.422 e. The van der Waals surface area contributed by atoms with Crippen molar-refractivity contribution < 1.29 is 27.4 Å². The lowest BCUT2D eigenvalue weighted by atomic mass is 10.2. The molecule has 160 valence electrons. The maximum atomic E-state index is 12.4. The predicted molar refractivity (Wildman–Crippen MR) is 106 cm³/mol. The summed E-state index contributed by atoms with van der Waals surface area (Å²) in [5.41, 5.74) is 2.12. The van der Waals surface area contributed by atoms with Gasteiger partial charge in [-0.2, -0.15) is 13.2 Å². The Labute approximate surface area is 170 Å². The van der Waals surface area contributed by atoms with Crippen molar-refractivity contribution in [3.8, 4) is 11.5 Å². The van der Waals surface area contributed by atoms with Gasteiger partial charge in [0.15, 0.2) is 18.1 Å². The van der Waals surface area contributed by atoms with Gasteiger partial charge in [-0.05, 0) is 31.2 Å². The summed E-state index contributed by atoms with van der Waals surface area (Å²) < 4.78 is 49.0. The van der Waals surface area contributed by atoms with Gasteiger partial charge in [0, 0.05) is 24.8 Å². The number of urea groups is 1. The molecule has 1 aromatic heterocycles. The Balaban J connectivity index is 1.58. The molecule has 0 aliphatic heterocycles. The summed E-state index contributed by atoms with van der Waals surface area (Å²) >= 11 is 0. The minimum absolute atomic E-state index is 0.117. The first kappa shape index (κ1) is 21.3. The van der Waals surface area contributed by atoms with Crippen molar-refractivity contribution in [2.24, 2.45) is 0 Å². The fourth-order valence-corrected chi connectivity index (χ4v) is 2.96. The number of carbonyl (C=O) groups excluding carboxylic acids is 1. The van der Waals surface area contributed by atoms with Crippen molar-refractivity contribution in [2.75, 3.05) is 25.6 Å². The molecule has 0 aliphatic rings. The Kier molecular flexibility index (Phi) is 6.34. The third-order valence-electron chi connectivity index (χ3n) is 4.28. The maximum Gasteiger partial charge on any atom is 0.422 e. The lowest BCUT2D eigenvalue weighted by Crippen LogP contribution is -2.31. The molecule has 2 aromatic carbocycles. The number of aromatic nitrogens is 2. The number of carbonyl (C=O) groups is 1. The summed E-state index contributed by atoms with van der Waals surface area (Å²) in [6, 6.07) is 11.4. The van der Waals surface area contributed by atoms with Gasteiger partial charge in [0.2, 0.25) is 0 Å². The highest BCUT2D eigenvalue weighted by molar-refractivity contribution is 5.89. The topological polar surface area (TPSA) is 77.4 Å². The number of ether oxygens (including phenoxy) is 2. The predicted octanol–water partition coefficient (Wildman–Crippen LogP) is 4.12. The molecule has 0 radical (unpaired) electrons. The lowest BCUT2D eigenvalue weighted by molar-refractivity contribution is -0.153. The molecule has 2 N–H and O–H groups in total. The van der Waals surface area contributed by atoms with Crippen LogP contribution in [-0.4, -0.2) is 42.0 Å². The lowest BCUT2D eigenvalue weighted by Gasteiger charge is -2.14. The van der Waals surface area contributed by atoms with Crippen molar-refractivity contribution in [2.45, 2.75) is 19.6 Å². The number of nitrogens with zero attached hydrogens (tertiary/aromatic N) is 2. The first-order chi connectivity index (χ1) is 14.3. The highest BCUT2D eigenvalue weighted by Gasteiger charge is 2.29. The molecule has 0 bridgehead atoms. The van der Waals surface area contributed by atoms with Crippen LogP contribution in [0.2, 0.25) is 0 Å². The molecule has 3 aromatic rings. The van der Waals surface area contributed by atoms with Crippen molar-refractivity contribution in [3.05, 3.63) is 48.3 Å². The van der Waals surface area contributed by atoms with E-state index in [1.807, 2.05) is 35.8 Å². The Morgan fingerprint density at radius 2 is 1.93 bits per heavy atom. The summed E-state index contributed by atoms with van der Waals surface area (Å²) in [4.78, 5) is 16.6. The standard InChI is InChI=1S/C20H21F3N4O3/c1-13-25-15-5-3-4-6-16(15)27(13)10-9-24-19(28)26-14-7-8-17(29-2)18(11-14)30-12-20(21,22)23/h3-8,11H,9-10,12H2,1-2H3,(H2,24,26,28). The number of nitrogens with one attached hydrogen (secondary N) is 2. The van der Waals surface area contributed by atoms with Crippen molar-refractivity contribution in [1.82, 2.24) is 14.9 Å². The van der Waals surface area contributed by atoms with Crippen molar-refractivity contribution >= 4 is 22.8 Å². The van der Waals surface area contributed by atoms with E-state index in [2.05, 4.69) is 15.6 Å². The second kappa shape index (κ2) is 8.93. The molecule has 0 saturated heterocycles. The average molecular weight is 422 g/mol. The van der Waals surface area contributed by atoms with E-state index in [1.165, 1.54) is 25.3 Å². The van der Waals surface area contributed by atoms with Crippen LogP contribution in [0.1, 0.15) is 5.82 Å². The number of para-hydroxylation sites is 2. The molecule has 1 heterocycles. The van der Waals surface area contributed by atoms with E-state index in [0.29, 0.717) is 13.1 Å². The maximum absolute atomic E-state index is 12.4. The van der Waals surface area contributed by atoms with Crippen LogP contribution < -0.4 is 20.1 Å². The fraction of sp³-hybridized carbons (Fsp3) is 0.300. The second-order valence-electron chi connectivity index (χ2n) is 6.45. The molecular formula is C20H21F3N4O3. The van der Waals surface area contributed by atoms with Gasteiger partial charge >= 0.3 is 12.2 Å². The van der Waals surface area contributed by atoms with Gasteiger partial charge in [-0.1, -0.05) is 12.1 Å². The monoisotopic (exact) mass is 422 g/mol. The zero-order valence-electron chi connectivity index (χ0n) is 16.4. The van der Waals surface area contributed by atoms with Crippen LogP contribution in [0.25, 0.3) is 11.0 Å². The Morgan fingerprint density at radius 3 is 2.67 bits per heavy atom. The SMILES string of the molecule is COc1ccc(NC(=O)NCCn2c(C)nc3ccccc32)cc1OCC(F)(F)F. The van der Waals surface area contributed by atoms with Crippen LogP contribution in [-0.2, 0) is 6.54 Å². The first-order valence-corrected chi connectivity index (χ1v) is 9.11. The molecule has 2 amide bonds. The number of alkyl halides is 3. The number of methoxy groups -OCH3 is 1. The highest BCUT2D eigenvalue weighted by atomic mass is 19.4. The highest BCUT2D eigenvalue weighted by Crippen LogP contribution is 2.31. The quantitative estimate of drug-likeness (QED) is 0.601. The first-order valence-electron chi connectivity index (χ1n) is 9.11. The van der Waals surface area contributed by atoms with Gasteiger partial charge in [-0.15, -0.1) is 0 Å². The summed E-state index contributed by atoms with van der Waals surface area (Å²) in [7, 11) is 1.32. The minimum atomic E-state index is -4.48. The van der Waals surface area contributed by atoms with Gasteiger partial charge < -0.3 is 24.7 Å². The number of hydrogen-bond acceptors (Lipinski definition) is 4. The van der Waals surface area contributed by atoms with Crippen LogP contribution >= 0.6 is 0 Å². The number of aryl methyl sites for hydroxylation is 1. The number of hydrogen-bond donors (Lipinski definition) is 2. The Hall–Kier alpha value is -3.43. The van der Waals surface area contributed by atoms with Crippen LogP contribution in [0.4, 0.5) is 23.7 Å². The fourth-order valence-electron chi connectivity index (χ4n) is 2.96. The third kappa shape index (κ3) is 5.34. The second-order valence-corrected chi connectivity index (χ2v) is 6.45. The number of anilines is 1. The molecule has 0 spiro atoms. The van der Waals surface area contributed by atoms with E-state index in [1.54, 1.807) is 0 Å². The van der Waals surface area contributed by atoms with E-state index >= 15 is 0 Å². The van der Waals surface area contributed by atoms with E-state index in [9.17, 15) is 18.0 Å². The zero-order valence-corrected chi connectivity index (χ0v) is 16.4. The van der Waals surface area contributed by atoms with E-state index in [4.69, 9.17) is 9.47 Å². The summed E-state index contributed by atoms with van der Waals surface area (Å²) in [6.45, 7) is 1.28. The van der Waals surface area contributed by atoms with E-state index < -0.39 is 18.8 Å². The zero-order chi connectivity index (χ0) is 21.7.